The number of aryl methyl sites for hydroxylation is 2. The Morgan fingerprint density at radius 2 is 1.90 bits per heavy atom. The highest BCUT2D eigenvalue weighted by Gasteiger charge is 2.28. The van der Waals surface area contributed by atoms with Crippen LogP contribution in [0.1, 0.15) is 24.0 Å². The van der Waals surface area contributed by atoms with Crippen LogP contribution in [0.25, 0.3) is 0 Å². The number of benzene rings is 2. The number of hydrogen-bond acceptors (Lipinski definition) is 6. The van der Waals surface area contributed by atoms with E-state index in [-0.39, 0.29) is 10.6 Å². The first-order chi connectivity index (χ1) is 14.1. The van der Waals surface area contributed by atoms with E-state index in [0.29, 0.717) is 30.5 Å². The lowest BCUT2D eigenvalue weighted by molar-refractivity contribution is -0.384. The predicted molar refractivity (Wildman–Crippen MR) is 119 cm³/mol. The molecule has 9 heteroatoms. The van der Waals surface area contributed by atoms with Gasteiger partial charge >= 0.3 is 0 Å². The molecule has 1 aliphatic heterocycles. The van der Waals surface area contributed by atoms with Crippen LogP contribution in [-0.2, 0) is 10.0 Å². The van der Waals surface area contributed by atoms with Crippen molar-refractivity contribution < 1.29 is 13.3 Å². The second-order valence-corrected chi connectivity index (χ2v) is 9.72. The van der Waals surface area contributed by atoms with Crippen molar-refractivity contribution in [3.05, 3.63) is 57.6 Å². The summed E-state index contributed by atoms with van der Waals surface area (Å²) in [5, 5.41) is 11.8. The maximum absolute atomic E-state index is 12.9. The Morgan fingerprint density at radius 3 is 2.53 bits per heavy atom. The van der Waals surface area contributed by atoms with Crippen LogP contribution < -0.4 is 9.62 Å². The van der Waals surface area contributed by atoms with Gasteiger partial charge in [0.2, 0.25) is 0 Å². The molecule has 8 nitrogen and oxygen atoms in total. The van der Waals surface area contributed by atoms with Crippen molar-refractivity contribution in [3.63, 3.8) is 0 Å². The molecule has 0 spiro atoms. The number of nitro benzene ring substituents is 1. The molecule has 0 bridgehead atoms. The molecule has 0 aromatic heterocycles. The van der Waals surface area contributed by atoms with E-state index in [1.54, 1.807) is 12.1 Å². The van der Waals surface area contributed by atoms with Crippen molar-refractivity contribution in [1.82, 2.24) is 4.90 Å². The second kappa shape index (κ2) is 8.61. The van der Waals surface area contributed by atoms with Crippen LogP contribution in [0.4, 0.5) is 17.1 Å². The molecule has 0 amide bonds. The van der Waals surface area contributed by atoms with E-state index in [2.05, 4.69) is 9.62 Å². The maximum Gasteiger partial charge on any atom is 0.293 e. The van der Waals surface area contributed by atoms with Gasteiger partial charge in [-0.1, -0.05) is 17.7 Å². The minimum atomic E-state index is -3.96. The maximum atomic E-state index is 12.9. The molecule has 1 N–H and O–H groups in total. The van der Waals surface area contributed by atoms with Crippen molar-refractivity contribution in [2.75, 3.05) is 36.8 Å². The highest BCUT2D eigenvalue weighted by Crippen LogP contribution is 2.33. The van der Waals surface area contributed by atoms with Crippen molar-refractivity contribution in [1.29, 1.82) is 0 Å². The van der Waals surface area contributed by atoms with Gasteiger partial charge in [-0.05, 0) is 64.5 Å². The standard InChI is InChI=1S/C21H28N4O4S/c1-15-7-9-19(16(2)12-15)22-30(28,29)18-8-10-20(21(13-18)25(26)27)24-11-5-6-17(14-24)23(3)4/h7-10,12-13,17,22H,5-6,11,14H2,1-4H3. The number of likely N-dealkylation sites (N-methyl/N-ethyl adjacent to an activating group) is 1. The van der Waals surface area contributed by atoms with Crippen molar-refractivity contribution in [2.24, 2.45) is 0 Å². The first kappa shape index (κ1) is 22.0. The number of nitrogens with zero attached hydrogens (tertiary/aromatic N) is 3. The van der Waals surface area contributed by atoms with Gasteiger partial charge in [0.05, 0.1) is 15.5 Å². The molecule has 2 aromatic carbocycles. The first-order valence-corrected chi connectivity index (χ1v) is 11.4. The number of anilines is 2. The Labute approximate surface area is 177 Å². The zero-order valence-corrected chi connectivity index (χ0v) is 18.6. The number of nitro groups is 1. The van der Waals surface area contributed by atoms with Crippen molar-refractivity contribution in [3.8, 4) is 0 Å². The molecule has 1 unspecified atom stereocenters. The van der Waals surface area contributed by atoms with Gasteiger partial charge in [0.1, 0.15) is 5.69 Å². The zero-order valence-electron chi connectivity index (χ0n) is 17.8. The number of hydrogen-bond donors (Lipinski definition) is 1. The van der Waals surface area contributed by atoms with Gasteiger partial charge in [-0.2, -0.15) is 0 Å². The van der Waals surface area contributed by atoms with E-state index >= 15 is 0 Å². The topological polar surface area (TPSA) is 95.8 Å². The zero-order chi connectivity index (χ0) is 22.1. The Morgan fingerprint density at radius 1 is 1.17 bits per heavy atom. The van der Waals surface area contributed by atoms with Gasteiger partial charge in [0.15, 0.2) is 0 Å². The van der Waals surface area contributed by atoms with Crippen LogP contribution in [0.5, 0.6) is 0 Å². The summed E-state index contributed by atoms with van der Waals surface area (Å²) in [4.78, 5) is 15.2. The lowest BCUT2D eigenvalue weighted by atomic mass is 10.0. The molecule has 3 rings (SSSR count). The molecule has 1 fully saturated rings. The fourth-order valence-corrected chi connectivity index (χ4v) is 4.96. The summed E-state index contributed by atoms with van der Waals surface area (Å²) in [6.07, 6.45) is 1.96. The van der Waals surface area contributed by atoms with Gasteiger partial charge in [-0.25, -0.2) is 8.42 Å². The summed E-state index contributed by atoms with van der Waals surface area (Å²) >= 11 is 0. The van der Waals surface area contributed by atoms with Crippen LogP contribution in [0.15, 0.2) is 41.3 Å². The van der Waals surface area contributed by atoms with Gasteiger partial charge in [-0.3, -0.25) is 14.8 Å². The molecule has 1 saturated heterocycles. The molecule has 1 aliphatic rings. The third-order valence-corrected chi connectivity index (χ3v) is 6.91. The molecule has 2 aromatic rings. The van der Waals surface area contributed by atoms with Crippen molar-refractivity contribution in [2.45, 2.75) is 37.6 Å². The fourth-order valence-electron chi connectivity index (χ4n) is 3.81. The molecular formula is C21H28N4O4S. The van der Waals surface area contributed by atoms with E-state index < -0.39 is 14.9 Å². The minimum absolute atomic E-state index is 0.126. The van der Waals surface area contributed by atoms with Gasteiger partial charge < -0.3 is 9.80 Å². The summed E-state index contributed by atoms with van der Waals surface area (Å²) in [7, 11) is 0.0364. The van der Waals surface area contributed by atoms with E-state index in [1.807, 2.05) is 45.0 Å². The summed E-state index contributed by atoms with van der Waals surface area (Å²) in [5.74, 6) is 0. The molecule has 0 radical (unpaired) electrons. The summed E-state index contributed by atoms with van der Waals surface area (Å²) in [6.45, 7) is 5.11. The van der Waals surface area contributed by atoms with E-state index in [0.717, 1.165) is 30.0 Å². The van der Waals surface area contributed by atoms with E-state index in [9.17, 15) is 18.5 Å². The average Bonchev–Trinajstić information content (AvgIpc) is 2.69. The van der Waals surface area contributed by atoms with Crippen molar-refractivity contribution >= 4 is 27.1 Å². The van der Waals surface area contributed by atoms with Crippen LogP contribution in [0, 0.1) is 24.0 Å². The van der Waals surface area contributed by atoms with E-state index in [4.69, 9.17) is 0 Å². The number of rotatable bonds is 6. The molecule has 30 heavy (non-hydrogen) atoms. The second-order valence-electron chi connectivity index (χ2n) is 8.04. The predicted octanol–water partition coefficient (Wildman–Crippen LogP) is 3.54. The molecular weight excluding hydrogens is 404 g/mol. The largest absolute Gasteiger partial charge is 0.364 e. The van der Waals surface area contributed by atoms with Crippen LogP contribution in [0.3, 0.4) is 0 Å². The minimum Gasteiger partial charge on any atom is -0.364 e. The Hall–Kier alpha value is -2.65. The monoisotopic (exact) mass is 432 g/mol. The highest BCUT2D eigenvalue weighted by atomic mass is 32.2. The molecule has 162 valence electrons. The normalized spacial score (nSPS) is 17.2. The van der Waals surface area contributed by atoms with Gasteiger partial charge in [0.25, 0.3) is 15.7 Å². The lowest BCUT2D eigenvalue weighted by Gasteiger charge is -2.37. The Kier molecular flexibility index (Phi) is 6.33. The Balaban J connectivity index is 1.93. The molecule has 0 aliphatic carbocycles. The van der Waals surface area contributed by atoms with Crippen LogP contribution >= 0.6 is 0 Å². The average molecular weight is 433 g/mol. The third-order valence-electron chi connectivity index (χ3n) is 5.55. The number of piperidine rings is 1. The fraction of sp³-hybridized carbons (Fsp3) is 0.429. The van der Waals surface area contributed by atoms with Crippen LogP contribution in [0.2, 0.25) is 0 Å². The summed E-state index contributed by atoms with van der Waals surface area (Å²) in [5.41, 5.74) is 2.52. The van der Waals surface area contributed by atoms with Gasteiger partial charge in [0, 0.05) is 25.2 Å². The highest BCUT2D eigenvalue weighted by molar-refractivity contribution is 7.92. The smallest absolute Gasteiger partial charge is 0.293 e. The quantitative estimate of drug-likeness (QED) is 0.554. The molecule has 0 saturated carbocycles. The lowest BCUT2D eigenvalue weighted by Crippen LogP contribution is -2.45. The first-order valence-electron chi connectivity index (χ1n) is 9.88. The summed E-state index contributed by atoms with van der Waals surface area (Å²) < 4.78 is 28.3. The SMILES string of the molecule is Cc1ccc(NS(=O)(=O)c2ccc(N3CCCC(N(C)C)C3)c([N+](=O)[O-])c2)c(C)c1. The van der Waals surface area contributed by atoms with Crippen LogP contribution in [-0.4, -0.2) is 51.5 Å². The molecule has 1 heterocycles. The number of sulfonamides is 1. The van der Waals surface area contributed by atoms with Gasteiger partial charge in [-0.15, -0.1) is 0 Å². The number of nitrogens with one attached hydrogen (secondary N) is 1. The Bertz CT molecular complexity index is 1050. The molecule has 1 atom stereocenters. The third kappa shape index (κ3) is 4.73. The summed E-state index contributed by atoms with van der Waals surface area (Å²) in [6, 6.07) is 9.82. The van der Waals surface area contributed by atoms with E-state index in [1.165, 1.54) is 6.07 Å².